The van der Waals surface area contributed by atoms with Crippen molar-refractivity contribution < 1.29 is 57.8 Å². The fourth-order valence-electron chi connectivity index (χ4n) is 11.0. The van der Waals surface area contributed by atoms with Gasteiger partial charge in [-0.15, -0.1) is 0 Å². The highest BCUT2D eigenvalue weighted by Crippen LogP contribution is 2.23. The van der Waals surface area contributed by atoms with Gasteiger partial charge in [-0.1, -0.05) is 64.4 Å². The zero-order valence-electron chi connectivity index (χ0n) is 57.9. The minimum atomic E-state index is -1.44. The highest BCUT2D eigenvalue weighted by atomic mass is 16.3. The Morgan fingerprint density at radius 2 is 1.06 bits per heavy atom. The molecule has 34 nitrogen and oxygen atoms in total. The Bertz CT molecular complexity index is 3100. The van der Waals surface area contributed by atoms with Crippen LogP contribution in [0.4, 0.5) is 0 Å². The minimum absolute atomic E-state index is 0.00272. The zero-order chi connectivity index (χ0) is 73.9. The van der Waals surface area contributed by atoms with Crippen molar-refractivity contribution in [3.05, 3.63) is 64.7 Å². The summed E-state index contributed by atoms with van der Waals surface area (Å²) in [6.07, 6.45) is 2.52. The third-order valence-electron chi connectivity index (χ3n) is 16.5. The number of hydrogen-bond acceptors (Lipinski definition) is 17. The summed E-state index contributed by atoms with van der Waals surface area (Å²) in [6.45, 7) is 10.00. The molecule has 11 amide bonds. The number of nitrogens with zero attached hydrogens (tertiary/aromatic N) is 4. The summed E-state index contributed by atoms with van der Waals surface area (Å²) in [5, 5.41) is 33.9. The Labute approximate surface area is 578 Å². The second-order valence-electron chi connectivity index (χ2n) is 25.2. The smallest absolute Gasteiger partial charge is 0.245 e. The van der Waals surface area contributed by atoms with Gasteiger partial charge in [-0.05, 0) is 150 Å². The van der Waals surface area contributed by atoms with E-state index >= 15 is 0 Å². The number of nitrogens with two attached hydrogens (primary N) is 9. The van der Waals surface area contributed by atoms with Crippen molar-refractivity contribution in [3.8, 4) is 5.75 Å². The first kappa shape index (κ1) is 83.4. The molecule has 0 aliphatic carbocycles. The van der Waals surface area contributed by atoms with E-state index in [1.165, 1.54) is 4.90 Å². The number of aryl methyl sites for hydroxylation is 2. The van der Waals surface area contributed by atoms with Crippen molar-refractivity contribution in [3.63, 3.8) is 0 Å². The van der Waals surface area contributed by atoms with Crippen LogP contribution in [0.1, 0.15) is 133 Å². The number of aromatic hydroxyl groups is 1. The molecule has 1 fully saturated rings. The number of guanidine groups is 3. The first-order valence-corrected chi connectivity index (χ1v) is 33.6. The zero-order valence-corrected chi connectivity index (χ0v) is 57.9. The summed E-state index contributed by atoms with van der Waals surface area (Å²) in [6, 6.07) is 0.477. The molecular weight excluding hydrogens is 1280 g/mol. The van der Waals surface area contributed by atoms with E-state index in [1.807, 2.05) is 0 Å². The van der Waals surface area contributed by atoms with Gasteiger partial charge in [0.25, 0.3) is 0 Å². The lowest BCUT2D eigenvalue weighted by molar-refractivity contribution is -0.142. The first-order valence-electron chi connectivity index (χ1n) is 33.6. The maximum Gasteiger partial charge on any atom is 0.245 e. The number of hydrogen-bond donors (Lipinski definition) is 19. The van der Waals surface area contributed by atoms with Crippen LogP contribution in [0, 0.1) is 25.7 Å². The number of carbonyl (C=O) groups excluding carboxylic acids is 11. The summed E-state index contributed by atoms with van der Waals surface area (Å²) in [4.78, 5) is 167. The third kappa shape index (κ3) is 30.6. The number of amides is 11. The predicted molar refractivity (Wildman–Crippen MR) is 374 cm³/mol. The number of carbonyl (C=O) groups is 11. The number of benzene rings is 2. The molecule has 1 aliphatic heterocycles. The molecule has 550 valence electrons. The maximum atomic E-state index is 14.8. The predicted octanol–water partition coefficient (Wildman–Crippen LogP) is -4.39. The SMILES string of the molecule is CC[C@H](C)[C@H](NC(=O)[C@H](CCCN=C(N)N)NC(=O)[C@H](CCCN=C(N)N)NC(=O)[C@H](CC(C)C)NC(=O)[C@H](Cc1ccccc1)NC(=O)CNC(=O)CNC(=O)[C@@H](N)Cc1c(C)cc(O)cc1C)C(=O)N[C@@H](CCCN=C(N)N)C(=O)N1CCC[C@H]1C(=O)N[C@@H](CCCCN)C(N)=O. The van der Waals surface area contributed by atoms with E-state index in [1.54, 1.807) is 84.0 Å². The molecule has 28 N–H and O–H groups in total. The molecule has 1 saturated heterocycles. The quantitative estimate of drug-likeness (QED) is 0.0169. The lowest BCUT2D eigenvalue weighted by atomic mass is 9.96. The van der Waals surface area contributed by atoms with Crippen LogP contribution >= 0.6 is 0 Å². The molecule has 0 unspecified atom stereocenters. The van der Waals surface area contributed by atoms with Gasteiger partial charge in [0.1, 0.15) is 54.1 Å². The average Bonchev–Trinajstić information content (AvgIpc) is 1.79. The largest absolute Gasteiger partial charge is 0.508 e. The van der Waals surface area contributed by atoms with Gasteiger partial charge in [0, 0.05) is 32.6 Å². The topological polar surface area (TPSA) is 591 Å². The molecule has 10 atom stereocenters. The van der Waals surface area contributed by atoms with Crippen molar-refractivity contribution in [1.29, 1.82) is 0 Å². The molecule has 0 bridgehead atoms. The number of aliphatic imine (C=N–C) groups is 3. The molecule has 3 rings (SSSR count). The molecule has 2 aromatic rings. The van der Waals surface area contributed by atoms with E-state index in [9.17, 15) is 57.8 Å². The van der Waals surface area contributed by atoms with Crippen LogP contribution in [-0.2, 0) is 65.6 Å². The van der Waals surface area contributed by atoms with Crippen molar-refractivity contribution in [1.82, 2.24) is 52.8 Å². The van der Waals surface area contributed by atoms with Gasteiger partial charge >= 0.3 is 0 Å². The molecule has 0 aromatic heterocycles. The van der Waals surface area contributed by atoms with Crippen LogP contribution in [0.15, 0.2) is 57.4 Å². The van der Waals surface area contributed by atoms with E-state index in [0.717, 1.165) is 16.7 Å². The van der Waals surface area contributed by atoms with Crippen LogP contribution in [0.25, 0.3) is 0 Å². The van der Waals surface area contributed by atoms with Gasteiger partial charge in [-0.25, -0.2) is 0 Å². The Morgan fingerprint density at radius 1 is 0.566 bits per heavy atom. The van der Waals surface area contributed by atoms with Crippen LogP contribution in [0.2, 0.25) is 0 Å². The summed E-state index contributed by atoms with van der Waals surface area (Å²) >= 11 is 0. The molecule has 0 radical (unpaired) electrons. The molecule has 1 heterocycles. The Hall–Kier alpha value is -9.86. The van der Waals surface area contributed by atoms with E-state index in [4.69, 9.17) is 51.6 Å². The highest BCUT2D eigenvalue weighted by molar-refractivity contribution is 5.99. The second kappa shape index (κ2) is 43.4. The van der Waals surface area contributed by atoms with Gasteiger partial charge < -0.3 is 109 Å². The fourth-order valence-corrected chi connectivity index (χ4v) is 11.0. The number of rotatable bonds is 44. The summed E-state index contributed by atoms with van der Waals surface area (Å²) in [7, 11) is 0. The Kier molecular flexibility index (Phi) is 36.6. The Morgan fingerprint density at radius 3 is 1.59 bits per heavy atom. The third-order valence-corrected chi connectivity index (χ3v) is 16.5. The van der Waals surface area contributed by atoms with Crippen molar-refractivity contribution in [2.24, 2.45) is 78.4 Å². The lowest BCUT2D eigenvalue weighted by Crippen LogP contribution is -2.61. The summed E-state index contributed by atoms with van der Waals surface area (Å²) in [5.74, 6) is -9.79. The number of phenolic OH excluding ortho intramolecular Hbond substituents is 1. The number of phenols is 1. The van der Waals surface area contributed by atoms with E-state index in [2.05, 4.69) is 62.8 Å². The monoisotopic (exact) mass is 1390 g/mol. The van der Waals surface area contributed by atoms with E-state index in [0.29, 0.717) is 37.8 Å². The fraction of sp³-hybridized carbons (Fsp3) is 0.600. The van der Waals surface area contributed by atoms with Crippen molar-refractivity contribution >= 4 is 82.9 Å². The number of likely N-dealkylation sites (tertiary alicyclic amines) is 1. The second-order valence-corrected chi connectivity index (χ2v) is 25.2. The molecule has 2 aromatic carbocycles. The molecule has 0 spiro atoms. The first-order chi connectivity index (χ1) is 46.8. The maximum absolute atomic E-state index is 14.8. The highest BCUT2D eigenvalue weighted by Gasteiger charge is 2.41. The molecule has 1 aliphatic rings. The van der Waals surface area contributed by atoms with Crippen molar-refractivity contribution in [2.45, 2.75) is 192 Å². The van der Waals surface area contributed by atoms with Gasteiger partial charge in [0.05, 0.1) is 19.1 Å². The van der Waals surface area contributed by atoms with Crippen LogP contribution in [0.3, 0.4) is 0 Å². The van der Waals surface area contributed by atoms with Gasteiger partial charge in [0.15, 0.2) is 17.9 Å². The van der Waals surface area contributed by atoms with Crippen LogP contribution < -0.4 is 99.5 Å². The van der Waals surface area contributed by atoms with Gasteiger partial charge in [-0.3, -0.25) is 67.7 Å². The van der Waals surface area contributed by atoms with Crippen molar-refractivity contribution in [2.75, 3.05) is 45.8 Å². The normalized spacial score (nSPS) is 15.3. The Balaban J connectivity index is 1.92. The standard InChI is InChI=1S/C65H108N22O12/c1-7-37(4)53(61(98)84-47(22-15-27-77-65(73)74)62(99)87-28-16-23-50(87)60(97)81-44(54(68)91)19-11-12-24-66)86-57(94)46(21-14-26-76-64(71)72)82-56(93)45(20-13-25-75-63(69)70)83-58(95)48(29-36(2)3)85-59(96)49(32-40-17-9-8-10-18-40)80-52(90)35-78-51(89)34-79-55(92)43(67)33-42-38(5)30-41(88)31-39(42)6/h8-10,17-18,30-31,36-37,43-50,53,88H,7,11-16,19-29,32-35,66-67H2,1-6H3,(H2,68,91)(H,78,89)(H,79,92)(H,80,90)(H,81,97)(H,82,93)(H,83,95)(H,84,98)(H,85,96)(H,86,94)(H4,69,70,75)(H4,71,72,76)(H4,73,74,77)/t37-,43-,44-,45-,46-,47-,48-,49-,50-,53-/m0/s1. The van der Waals surface area contributed by atoms with Crippen LogP contribution in [0.5, 0.6) is 5.75 Å². The number of unbranched alkanes of at least 4 members (excludes halogenated alkanes) is 1. The van der Waals surface area contributed by atoms with E-state index < -0.39 is 138 Å². The lowest BCUT2D eigenvalue weighted by Gasteiger charge is -2.32. The minimum Gasteiger partial charge on any atom is -0.508 e. The average molecular weight is 1390 g/mol. The molecule has 0 saturated carbocycles. The number of nitrogens with one attached hydrogen (secondary N) is 9. The number of primary amides is 1. The van der Waals surface area contributed by atoms with E-state index in [-0.39, 0.29) is 126 Å². The molecule has 99 heavy (non-hydrogen) atoms. The van der Waals surface area contributed by atoms with Gasteiger partial charge in [-0.2, -0.15) is 0 Å². The van der Waals surface area contributed by atoms with Gasteiger partial charge in [0.2, 0.25) is 65.0 Å². The summed E-state index contributed by atoms with van der Waals surface area (Å²) < 4.78 is 0. The van der Waals surface area contributed by atoms with Crippen LogP contribution in [-0.4, -0.2) is 193 Å². The summed E-state index contributed by atoms with van der Waals surface area (Å²) in [5.41, 5.74) is 53.9. The molecular formula is C65H108N22O12. The molecule has 34 heteroatoms.